The first kappa shape index (κ1) is 10.8. The third kappa shape index (κ3) is 1.98. The summed E-state index contributed by atoms with van der Waals surface area (Å²) in [6, 6.07) is 0. The molecule has 0 atom stereocenters. The molecule has 1 amide bonds. The van der Waals surface area contributed by atoms with E-state index in [1.165, 1.54) is 12.5 Å². The minimum absolute atomic E-state index is 0.0440. The molecule has 0 aliphatic carbocycles. The van der Waals surface area contributed by atoms with Crippen molar-refractivity contribution in [2.45, 2.75) is 19.1 Å². The fourth-order valence-corrected chi connectivity index (χ4v) is 1.62. The van der Waals surface area contributed by atoms with Crippen molar-refractivity contribution in [2.24, 2.45) is 0 Å². The molecule has 7 heteroatoms. The molecule has 2 rings (SSSR count). The molecule has 2 heterocycles. The number of aromatic nitrogens is 2. The van der Waals surface area contributed by atoms with Crippen molar-refractivity contribution in [3.05, 3.63) is 23.8 Å². The molecule has 0 radical (unpaired) electrons. The Balaban J connectivity index is 2.17. The molecule has 0 saturated heterocycles. The number of halogens is 3. The number of fused-ring (bicyclic) bond motifs is 1. The number of hydrogen-bond acceptors (Lipinski definition) is 3. The smallest absolute Gasteiger partial charge is 0.330 e. The number of hydrogen-bond donors (Lipinski definition) is 0. The van der Waals surface area contributed by atoms with Crippen molar-refractivity contribution < 1.29 is 18.0 Å². The monoisotopic (exact) mass is 231 g/mol. The summed E-state index contributed by atoms with van der Waals surface area (Å²) in [6.45, 7) is -0.0309. The predicted octanol–water partition coefficient (Wildman–Crippen LogP) is 0.924. The van der Waals surface area contributed by atoms with Crippen LogP contribution in [0.2, 0.25) is 0 Å². The topological polar surface area (TPSA) is 46.1 Å². The first-order valence-electron chi connectivity index (χ1n) is 4.62. The van der Waals surface area contributed by atoms with Crippen LogP contribution in [0.15, 0.2) is 12.5 Å². The van der Waals surface area contributed by atoms with Gasteiger partial charge in [0.05, 0.1) is 5.69 Å². The highest BCUT2D eigenvalue weighted by Gasteiger charge is 2.43. The Labute approximate surface area is 89.1 Å². The molecule has 0 unspecified atom stereocenters. The van der Waals surface area contributed by atoms with Gasteiger partial charge in [-0.25, -0.2) is 9.97 Å². The number of rotatable bonds is 0. The van der Waals surface area contributed by atoms with Gasteiger partial charge in [-0.2, -0.15) is 13.2 Å². The zero-order chi connectivity index (χ0) is 11.8. The minimum Gasteiger partial charge on any atom is -0.330 e. The molecule has 0 bridgehead atoms. The lowest BCUT2D eigenvalue weighted by Gasteiger charge is -2.28. The molecule has 0 N–H and O–H groups in total. The van der Waals surface area contributed by atoms with Crippen LogP contribution in [0.3, 0.4) is 0 Å². The minimum atomic E-state index is -4.81. The van der Waals surface area contributed by atoms with E-state index in [0.717, 1.165) is 4.90 Å². The normalized spacial score (nSPS) is 15.8. The van der Waals surface area contributed by atoms with Crippen molar-refractivity contribution in [1.82, 2.24) is 14.9 Å². The molecular formula is C9H8F3N3O. The Morgan fingerprint density at radius 3 is 2.88 bits per heavy atom. The van der Waals surface area contributed by atoms with Crippen LogP contribution in [0, 0.1) is 0 Å². The molecule has 16 heavy (non-hydrogen) atoms. The number of amides is 1. The molecule has 1 aromatic heterocycles. The van der Waals surface area contributed by atoms with Gasteiger partial charge in [-0.15, -0.1) is 0 Å². The summed E-state index contributed by atoms with van der Waals surface area (Å²) in [6.07, 6.45) is -1.69. The first-order valence-corrected chi connectivity index (χ1v) is 4.62. The Morgan fingerprint density at radius 2 is 2.19 bits per heavy atom. The van der Waals surface area contributed by atoms with E-state index in [0.29, 0.717) is 17.7 Å². The van der Waals surface area contributed by atoms with Gasteiger partial charge in [0.2, 0.25) is 0 Å². The van der Waals surface area contributed by atoms with Crippen LogP contribution < -0.4 is 0 Å². The molecule has 0 fully saturated rings. The summed E-state index contributed by atoms with van der Waals surface area (Å²) in [5, 5.41) is 0. The van der Waals surface area contributed by atoms with Gasteiger partial charge >= 0.3 is 12.1 Å². The van der Waals surface area contributed by atoms with Gasteiger partial charge in [-0.1, -0.05) is 0 Å². The highest BCUT2D eigenvalue weighted by atomic mass is 19.4. The summed E-state index contributed by atoms with van der Waals surface area (Å²) in [5.74, 6) is -1.80. The average Bonchev–Trinajstić information content (AvgIpc) is 2.26. The van der Waals surface area contributed by atoms with E-state index < -0.39 is 12.1 Å². The molecule has 1 aliphatic heterocycles. The van der Waals surface area contributed by atoms with Crippen LogP contribution in [0.1, 0.15) is 11.3 Å². The Bertz CT molecular complexity index is 419. The van der Waals surface area contributed by atoms with Gasteiger partial charge in [0, 0.05) is 31.3 Å². The maximum atomic E-state index is 12.2. The third-order valence-electron chi connectivity index (χ3n) is 2.39. The highest BCUT2D eigenvalue weighted by Crippen LogP contribution is 2.23. The molecule has 0 saturated carbocycles. The fourth-order valence-electron chi connectivity index (χ4n) is 1.62. The first-order chi connectivity index (χ1) is 7.48. The zero-order valence-electron chi connectivity index (χ0n) is 8.16. The maximum Gasteiger partial charge on any atom is 0.471 e. The number of nitrogens with zero attached hydrogens (tertiary/aromatic N) is 3. The molecule has 1 aromatic rings. The van der Waals surface area contributed by atoms with E-state index in [4.69, 9.17) is 0 Å². The average molecular weight is 231 g/mol. The molecule has 0 aromatic carbocycles. The highest BCUT2D eigenvalue weighted by molar-refractivity contribution is 5.82. The van der Waals surface area contributed by atoms with Crippen molar-refractivity contribution in [1.29, 1.82) is 0 Å². The van der Waals surface area contributed by atoms with E-state index in [9.17, 15) is 18.0 Å². The van der Waals surface area contributed by atoms with Crippen molar-refractivity contribution in [3.8, 4) is 0 Å². The number of alkyl halides is 3. The van der Waals surface area contributed by atoms with Crippen molar-refractivity contribution >= 4 is 5.91 Å². The second kappa shape index (κ2) is 3.73. The van der Waals surface area contributed by atoms with Gasteiger partial charge in [0.1, 0.15) is 6.33 Å². The van der Waals surface area contributed by atoms with Crippen LogP contribution in [0.25, 0.3) is 0 Å². The Hall–Kier alpha value is -1.66. The second-order valence-corrected chi connectivity index (χ2v) is 3.47. The number of carbonyl (C=O) groups excluding carboxylic acids is 1. The van der Waals surface area contributed by atoms with E-state index in [1.54, 1.807) is 0 Å². The van der Waals surface area contributed by atoms with E-state index in [-0.39, 0.29) is 13.1 Å². The summed E-state index contributed by atoms with van der Waals surface area (Å²) >= 11 is 0. The zero-order valence-corrected chi connectivity index (χ0v) is 8.16. The summed E-state index contributed by atoms with van der Waals surface area (Å²) < 4.78 is 36.6. The molecule has 4 nitrogen and oxygen atoms in total. The third-order valence-corrected chi connectivity index (χ3v) is 2.39. The van der Waals surface area contributed by atoms with Crippen LogP contribution in [0.4, 0.5) is 13.2 Å². The molecular weight excluding hydrogens is 223 g/mol. The number of carbonyl (C=O) groups is 1. The lowest BCUT2D eigenvalue weighted by molar-refractivity contribution is -0.186. The lowest BCUT2D eigenvalue weighted by atomic mass is 10.1. The van der Waals surface area contributed by atoms with Crippen LogP contribution in [-0.2, 0) is 17.8 Å². The quantitative estimate of drug-likeness (QED) is 0.667. The maximum absolute atomic E-state index is 12.2. The largest absolute Gasteiger partial charge is 0.471 e. The molecule has 86 valence electrons. The Kier molecular flexibility index (Phi) is 2.53. The predicted molar refractivity (Wildman–Crippen MR) is 47.2 cm³/mol. The molecule has 1 aliphatic rings. The van der Waals surface area contributed by atoms with Gasteiger partial charge in [0.25, 0.3) is 0 Å². The van der Waals surface area contributed by atoms with Crippen molar-refractivity contribution in [2.75, 3.05) is 6.54 Å². The van der Waals surface area contributed by atoms with Gasteiger partial charge in [0.15, 0.2) is 0 Å². The van der Waals surface area contributed by atoms with Crippen LogP contribution in [0.5, 0.6) is 0 Å². The molecule has 0 spiro atoms. The van der Waals surface area contributed by atoms with E-state index >= 15 is 0 Å². The van der Waals surface area contributed by atoms with E-state index in [1.807, 2.05) is 0 Å². The fraction of sp³-hybridized carbons (Fsp3) is 0.444. The standard InChI is InChI=1S/C9H8F3N3O/c10-9(11,12)8(16)15-2-1-7-6(4-15)3-13-5-14-7/h3,5H,1-2,4H2. The Morgan fingerprint density at radius 1 is 1.44 bits per heavy atom. The van der Waals surface area contributed by atoms with Crippen molar-refractivity contribution in [3.63, 3.8) is 0 Å². The second-order valence-electron chi connectivity index (χ2n) is 3.47. The lowest BCUT2D eigenvalue weighted by Crippen LogP contribution is -2.43. The summed E-state index contributed by atoms with van der Waals surface area (Å²) in [4.78, 5) is 19.4. The van der Waals surface area contributed by atoms with Gasteiger partial charge in [-0.3, -0.25) is 4.79 Å². The SMILES string of the molecule is O=C(N1CCc2ncncc2C1)C(F)(F)F. The van der Waals surface area contributed by atoms with Crippen LogP contribution >= 0.6 is 0 Å². The van der Waals surface area contributed by atoms with Crippen LogP contribution in [-0.4, -0.2) is 33.5 Å². The summed E-state index contributed by atoms with van der Waals surface area (Å²) in [7, 11) is 0. The van der Waals surface area contributed by atoms with Gasteiger partial charge in [-0.05, 0) is 0 Å². The van der Waals surface area contributed by atoms with Gasteiger partial charge < -0.3 is 4.90 Å². The summed E-state index contributed by atoms with van der Waals surface area (Å²) in [5.41, 5.74) is 1.28. The van der Waals surface area contributed by atoms with E-state index in [2.05, 4.69) is 9.97 Å².